The molecule has 1 aromatic rings. The summed E-state index contributed by atoms with van der Waals surface area (Å²) in [4.78, 5) is 23.9. The minimum Gasteiger partial charge on any atom is -0.511 e. The van der Waals surface area contributed by atoms with E-state index >= 15 is 0 Å². The van der Waals surface area contributed by atoms with Crippen molar-refractivity contribution >= 4 is 17.6 Å². The summed E-state index contributed by atoms with van der Waals surface area (Å²) >= 11 is 0. The van der Waals surface area contributed by atoms with Crippen molar-refractivity contribution in [3.05, 3.63) is 69.2 Å². The Hall–Kier alpha value is -3.12. The fourth-order valence-electron chi connectivity index (χ4n) is 3.96. The zero-order chi connectivity index (χ0) is 18.7. The first kappa shape index (κ1) is 16.4. The molecule has 0 radical (unpaired) electrons. The summed E-state index contributed by atoms with van der Waals surface area (Å²) in [5.41, 5.74) is 1.53. The number of aromatic hydroxyl groups is 1. The zero-order valence-electron chi connectivity index (χ0n) is 13.9. The van der Waals surface area contributed by atoms with Crippen LogP contribution in [0, 0.1) is 5.92 Å². The molecule has 3 aliphatic rings. The van der Waals surface area contributed by atoms with Crippen LogP contribution in [0.4, 0.5) is 0 Å². The molecular formula is C20H16O6. The molecule has 26 heavy (non-hydrogen) atoms. The molecule has 3 aliphatic carbocycles. The van der Waals surface area contributed by atoms with Gasteiger partial charge in [-0.1, -0.05) is 24.3 Å². The van der Waals surface area contributed by atoms with Crippen molar-refractivity contribution in [3.8, 4) is 5.75 Å². The molecule has 6 heteroatoms. The normalized spacial score (nSPS) is 24.5. The van der Waals surface area contributed by atoms with Gasteiger partial charge in [0.15, 0.2) is 11.6 Å². The Morgan fingerprint density at radius 3 is 2.58 bits per heavy atom. The van der Waals surface area contributed by atoms with Crippen LogP contribution in [0.5, 0.6) is 5.75 Å². The smallest absolute Gasteiger partial charge is 0.174 e. The van der Waals surface area contributed by atoms with E-state index in [0.717, 1.165) is 0 Å². The van der Waals surface area contributed by atoms with Crippen LogP contribution in [0.2, 0.25) is 0 Å². The SMILES string of the molecule is CC(=O)C1=C(O)C2=C(O)C3C(=Cc4cccc(O)c4C3O)C=C2CC1=O. The van der Waals surface area contributed by atoms with Gasteiger partial charge in [0.1, 0.15) is 22.8 Å². The fourth-order valence-corrected chi connectivity index (χ4v) is 3.96. The Kier molecular flexibility index (Phi) is 3.42. The van der Waals surface area contributed by atoms with Gasteiger partial charge in [-0.15, -0.1) is 0 Å². The number of hydrogen-bond acceptors (Lipinski definition) is 6. The van der Waals surface area contributed by atoms with Crippen molar-refractivity contribution in [2.75, 3.05) is 0 Å². The third-order valence-corrected chi connectivity index (χ3v) is 5.08. The van der Waals surface area contributed by atoms with Gasteiger partial charge in [-0.3, -0.25) is 9.59 Å². The lowest BCUT2D eigenvalue weighted by molar-refractivity contribution is -0.120. The fraction of sp³-hybridized carbons (Fsp3) is 0.200. The lowest BCUT2D eigenvalue weighted by Crippen LogP contribution is -2.29. The summed E-state index contributed by atoms with van der Waals surface area (Å²) in [6.45, 7) is 1.17. The topological polar surface area (TPSA) is 115 Å². The van der Waals surface area contributed by atoms with Crippen molar-refractivity contribution in [2.45, 2.75) is 19.4 Å². The summed E-state index contributed by atoms with van der Waals surface area (Å²) in [6, 6.07) is 4.82. The van der Waals surface area contributed by atoms with E-state index in [1.54, 1.807) is 24.3 Å². The molecule has 6 nitrogen and oxygen atoms in total. The average Bonchev–Trinajstić information content (AvgIpc) is 2.53. The summed E-state index contributed by atoms with van der Waals surface area (Å²) < 4.78 is 0. The standard InChI is InChI=1S/C20H16O6/c1-8(21)14-13(23)7-11-6-10-5-9-3-2-4-12(22)15(9)19(25)16(10)20(26)17(11)18(14)24/h2-6,16,19,22,24-26H,7H2,1H3. The van der Waals surface area contributed by atoms with Gasteiger partial charge in [-0.25, -0.2) is 0 Å². The van der Waals surface area contributed by atoms with Gasteiger partial charge in [-0.05, 0) is 29.7 Å². The van der Waals surface area contributed by atoms with Crippen LogP contribution in [0.25, 0.3) is 6.08 Å². The summed E-state index contributed by atoms with van der Waals surface area (Å²) in [7, 11) is 0. The van der Waals surface area contributed by atoms with E-state index in [-0.39, 0.29) is 34.6 Å². The van der Waals surface area contributed by atoms with E-state index in [2.05, 4.69) is 0 Å². The molecule has 0 aliphatic heterocycles. The van der Waals surface area contributed by atoms with Crippen LogP contribution >= 0.6 is 0 Å². The lowest BCUT2D eigenvalue weighted by atomic mass is 9.71. The highest BCUT2D eigenvalue weighted by Crippen LogP contribution is 2.50. The number of ketones is 2. The monoisotopic (exact) mass is 352 g/mol. The second-order valence-corrected chi connectivity index (χ2v) is 6.66. The number of Topliss-reactive ketones (excluding diaryl/α,β-unsaturated/α-hetero) is 2. The van der Waals surface area contributed by atoms with Crippen LogP contribution in [-0.2, 0) is 9.59 Å². The quantitative estimate of drug-likeness (QED) is 0.578. The number of fused-ring (bicyclic) bond motifs is 3. The Balaban J connectivity index is 1.96. The molecule has 4 rings (SSSR count). The lowest BCUT2D eigenvalue weighted by Gasteiger charge is -2.35. The van der Waals surface area contributed by atoms with E-state index in [0.29, 0.717) is 16.7 Å². The molecule has 0 saturated carbocycles. The number of hydrogen-bond donors (Lipinski definition) is 4. The van der Waals surface area contributed by atoms with Gasteiger partial charge in [0.2, 0.25) is 0 Å². The predicted molar refractivity (Wildman–Crippen MR) is 92.2 cm³/mol. The molecule has 1 aromatic carbocycles. The summed E-state index contributed by atoms with van der Waals surface area (Å²) in [6.07, 6.45) is 2.01. The number of phenolic OH excluding ortho intramolecular Hbond substituents is 1. The highest BCUT2D eigenvalue weighted by atomic mass is 16.3. The first-order valence-corrected chi connectivity index (χ1v) is 8.14. The van der Waals surface area contributed by atoms with Crippen LogP contribution in [0.1, 0.15) is 30.6 Å². The zero-order valence-corrected chi connectivity index (χ0v) is 13.9. The number of aliphatic hydroxyl groups is 3. The average molecular weight is 352 g/mol. The van der Waals surface area contributed by atoms with E-state index in [1.165, 1.54) is 13.0 Å². The van der Waals surface area contributed by atoms with Crippen LogP contribution in [0.15, 0.2) is 58.1 Å². The van der Waals surface area contributed by atoms with E-state index in [4.69, 9.17) is 0 Å². The van der Waals surface area contributed by atoms with Crippen molar-refractivity contribution in [3.63, 3.8) is 0 Å². The Bertz CT molecular complexity index is 1010. The predicted octanol–water partition coefficient (Wildman–Crippen LogP) is 2.56. The molecule has 0 saturated heterocycles. The van der Waals surface area contributed by atoms with Crippen molar-refractivity contribution < 1.29 is 30.0 Å². The molecule has 0 fully saturated rings. The summed E-state index contributed by atoms with van der Waals surface area (Å²) in [5.74, 6) is -2.98. The molecule has 0 spiro atoms. The van der Waals surface area contributed by atoms with Crippen LogP contribution < -0.4 is 0 Å². The third kappa shape index (κ3) is 2.09. The Morgan fingerprint density at radius 1 is 1.15 bits per heavy atom. The van der Waals surface area contributed by atoms with E-state index in [1.807, 2.05) is 0 Å². The second-order valence-electron chi connectivity index (χ2n) is 6.66. The first-order chi connectivity index (χ1) is 12.3. The number of allylic oxidation sites excluding steroid dienone is 3. The molecular weight excluding hydrogens is 336 g/mol. The van der Waals surface area contributed by atoms with E-state index in [9.17, 15) is 30.0 Å². The number of phenols is 1. The van der Waals surface area contributed by atoms with E-state index < -0.39 is 29.3 Å². The largest absolute Gasteiger partial charge is 0.511 e. The van der Waals surface area contributed by atoms with Gasteiger partial charge in [-0.2, -0.15) is 0 Å². The molecule has 132 valence electrons. The van der Waals surface area contributed by atoms with Crippen LogP contribution in [-0.4, -0.2) is 32.0 Å². The van der Waals surface area contributed by atoms with Gasteiger partial charge >= 0.3 is 0 Å². The molecule has 0 bridgehead atoms. The second kappa shape index (κ2) is 5.44. The number of aliphatic hydroxyl groups excluding tert-OH is 3. The van der Waals surface area contributed by atoms with Crippen molar-refractivity contribution in [2.24, 2.45) is 5.92 Å². The molecule has 0 aromatic heterocycles. The first-order valence-electron chi connectivity index (χ1n) is 8.14. The maximum atomic E-state index is 12.2. The third-order valence-electron chi connectivity index (χ3n) is 5.08. The number of rotatable bonds is 1. The van der Waals surface area contributed by atoms with Crippen molar-refractivity contribution in [1.82, 2.24) is 0 Å². The van der Waals surface area contributed by atoms with Crippen molar-refractivity contribution in [1.29, 1.82) is 0 Å². The highest BCUT2D eigenvalue weighted by Gasteiger charge is 2.42. The number of carbonyl (C=O) groups is 2. The number of benzene rings is 1. The van der Waals surface area contributed by atoms with Crippen LogP contribution in [0.3, 0.4) is 0 Å². The van der Waals surface area contributed by atoms with Gasteiger partial charge in [0, 0.05) is 12.0 Å². The minimum atomic E-state index is -1.23. The molecule has 0 amide bonds. The molecule has 2 atom stereocenters. The maximum Gasteiger partial charge on any atom is 0.174 e. The molecule has 2 unspecified atom stereocenters. The molecule has 4 N–H and O–H groups in total. The Labute approximate surface area is 148 Å². The minimum absolute atomic E-state index is 0.00914. The highest BCUT2D eigenvalue weighted by molar-refractivity contribution is 6.22. The van der Waals surface area contributed by atoms with Gasteiger partial charge in [0.25, 0.3) is 0 Å². The Morgan fingerprint density at radius 2 is 1.88 bits per heavy atom. The van der Waals surface area contributed by atoms with Gasteiger partial charge in [0.05, 0.1) is 17.6 Å². The molecule has 0 heterocycles. The van der Waals surface area contributed by atoms with Gasteiger partial charge < -0.3 is 20.4 Å². The summed E-state index contributed by atoms with van der Waals surface area (Å²) in [5, 5.41) is 42.1. The maximum absolute atomic E-state index is 12.2. The number of carbonyl (C=O) groups excluding carboxylic acids is 2.